The molecule has 4 aromatic rings. The van der Waals surface area contributed by atoms with Crippen LogP contribution in [0.5, 0.6) is 0 Å². The lowest BCUT2D eigenvalue weighted by Crippen LogP contribution is -2.10. The van der Waals surface area contributed by atoms with Crippen LogP contribution < -0.4 is 0 Å². The standard InChI is InChI=1S/C23H21N/c1-23(2,3)17-13-14-21-20(15-17)18-11-7-8-12-19(18)22(24-21)16-9-5-4-6-10-16/h4-15H,1-3H3. The largest absolute Gasteiger partial charge is 0.247 e. The third kappa shape index (κ3) is 2.46. The van der Waals surface area contributed by atoms with E-state index in [-0.39, 0.29) is 5.41 Å². The molecule has 0 atom stereocenters. The second kappa shape index (κ2) is 5.45. The average molecular weight is 311 g/mol. The molecule has 1 heterocycles. The van der Waals surface area contributed by atoms with Crippen molar-refractivity contribution in [3.8, 4) is 11.3 Å². The zero-order valence-electron chi connectivity index (χ0n) is 14.4. The van der Waals surface area contributed by atoms with Gasteiger partial charge in [0, 0.05) is 16.3 Å². The van der Waals surface area contributed by atoms with Crippen molar-refractivity contribution in [2.45, 2.75) is 26.2 Å². The predicted molar refractivity (Wildman–Crippen MR) is 103 cm³/mol. The fourth-order valence-corrected chi connectivity index (χ4v) is 3.24. The predicted octanol–water partition coefficient (Wildman–Crippen LogP) is 6.35. The molecule has 1 nitrogen and oxygen atoms in total. The molecule has 0 aliphatic rings. The number of benzene rings is 3. The van der Waals surface area contributed by atoms with Crippen molar-refractivity contribution < 1.29 is 0 Å². The third-order valence-corrected chi connectivity index (χ3v) is 4.61. The highest BCUT2D eigenvalue weighted by atomic mass is 14.7. The summed E-state index contributed by atoms with van der Waals surface area (Å²) in [4.78, 5) is 5.00. The molecule has 3 aromatic carbocycles. The first-order chi connectivity index (χ1) is 11.5. The number of pyridine rings is 1. The number of rotatable bonds is 1. The summed E-state index contributed by atoms with van der Waals surface area (Å²) in [5, 5.41) is 3.72. The van der Waals surface area contributed by atoms with Crippen LogP contribution in [0.4, 0.5) is 0 Å². The number of fused-ring (bicyclic) bond motifs is 3. The van der Waals surface area contributed by atoms with E-state index in [2.05, 4.69) is 87.5 Å². The second-order valence-corrected chi connectivity index (χ2v) is 7.35. The zero-order chi connectivity index (χ0) is 16.7. The van der Waals surface area contributed by atoms with Gasteiger partial charge in [-0.25, -0.2) is 4.98 Å². The quantitative estimate of drug-likeness (QED) is 0.373. The normalized spacial score (nSPS) is 12.0. The van der Waals surface area contributed by atoms with E-state index in [0.29, 0.717) is 0 Å². The topological polar surface area (TPSA) is 12.9 Å². The molecule has 0 aliphatic carbocycles. The average Bonchev–Trinajstić information content (AvgIpc) is 2.60. The molecule has 1 aromatic heterocycles. The van der Waals surface area contributed by atoms with Crippen molar-refractivity contribution in [1.82, 2.24) is 4.98 Å². The third-order valence-electron chi connectivity index (χ3n) is 4.61. The maximum Gasteiger partial charge on any atom is 0.0788 e. The van der Waals surface area contributed by atoms with Crippen molar-refractivity contribution in [3.05, 3.63) is 78.4 Å². The van der Waals surface area contributed by atoms with E-state index in [1.165, 1.54) is 21.7 Å². The van der Waals surface area contributed by atoms with E-state index in [1.54, 1.807) is 0 Å². The number of nitrogens with zero attached hydrogens (tertiary/aromatic N) is 1. The van der Waals surface area contributed by atoms with E-state index >= 15 is 0 Å². The second-order valence-electron chi connectivity index (χ2n) is 7.35. The maximum atomic E-state index is 5.00. The van der Waals surface area contributed by atoms with Crippen LogP contribution in [0.15, 0.2) is 72.8 Å². The Kier molecular flexibility index (Phi) is 3.38. The number of hydrogen-bond acceptors (Lipinski definition) is 1. The fraction of sp³-hybridized carbons (Fsp3) is 0.174. The van der Waals surface area contributed by atoms with Crippen molar-refractivity contribution >= 4 is 21.7 Å². The van der Waals surface area contributed by atoms with Crippen LogP contribution in [0.3, 0.4) is 0 Å². The minimum absolute atomic E-state index is 0.132. The molecule has 0 bridgehead atoms. The lowest BCUT2D eigenvalue weighted by Gasteiger charge is -2.20. The highest BCUT2D eigenvalue weighted by Gasteiger charge is 2.16. The Morgan fingerprint density at radius 2 is 1.33 bits per heavy atom. The summed E-state index contributed by atoms with van der Waals surface area (Å²) < 4.78 is 0. The van der Waals surface area contributed by atoms with Gasteiger partial charge in [0.25, 0.3) is 0 Å². The molecule has 0 fully saturated rings. The van der Waals surface area contributed by atoms with Crippen molar-refractivity contribution in [3.63, 3.8) is 0 Å². The van der Waals surface area contributed by atoms with Crippen LogP contribution in [0, 0.1) is 0 Å². The highest BCUT2D eigenvalue weighted by Crippen LogP contribution is 2.34. The van der Waals surface area contributed by atoms with Crippen molar-refractivity contribution in [1.29, 1.82) is 0 Å². The zero-order valence-corrected chi connectivity index (χ0v) is 14.4. The van der Waals surface area contributed by atoms with Gasteiger partial charge >= 0.3 is 0 Å². The lowest BCUT2D eigenvalue weighted by atomic mass is 9.85. The maximum absolute atomic E-state index is 5.00. The first-order valence-corrected chi connectivity index (χ1v) is 8.42. The summed E-state index contributed by atoms with van der Waals surface area (Å²) in [6.45, 7) is 6.76. The van der Waals surface area contributed by atoms with Gasteiger partial charge in [-0.2, -0.15) is 0 Å². The molecule has 0 unspecified atom stereocenters. The Morgan fingerprint density at radius 1 is 0.667 bits per heavy atom. The molecule has 0 N–H and O–H groups in total. The van der Waals surface area contributed by atoms with Gasteiger partial charge in [-0.05, 0) is 28.5 Å². The van der Waals surface area contributed by atoms with E-state index in [9.17, 15) is 0 Å². The molecule has 118 valence electrons. The van der Waals surface area contributed by atoms with E-state index < -0.39 is 0 Å². The van der Waals surface area contributed by atoms with Gasteiger partial charge in [0.1, 0.15) is 0 Å². The Balaban J connectivity index is 2.10. The highest BCUT2D eigenvalue weighted by molar-refractivity contribution is 6.11. The summed E-state index contributed by atoms with van der Waals surface area (Å²) >= 11 is 0. The first kappa shape index (κ1) is 14.9. The summed E-state index contributed by atoms with van der Waals surface area (Å²) in [5.41, 5.74) is 4.75. The van der Waals surface area contributed by atoms with Crippen LogP contribution in [-0.2, 0) is 5.41 Å². The van der Waals surface area contributed by atoms with Gasteiger partial charge in [0.2, 0.25) is 0 Å². The number of aromatic nitrogens is 1. The van der Waals surface area contributed by atoms with Crippen LogP contribution in [0.2, 0.25) is 0 Å². The Labute approximate surface area is 143 Å². The Bertz CT molecular complexity index is 1020. The van der Waals surface area contributed by atoms with Gasteiger partial charge in [0.15, 0.2) is 0 Å². The van der Waals surface area contributed by atoms with Crippen molar-refractivity contribution in [2.24, 2.45) is 0 Å². The van der Waals surface area contributed by atoms with Gasteiger partial charge < -0.3 is 0 Å². The van der Waals surface area contributed by atoms with E-state index in [0.717, 1.165) is 16.8 Å². The van der Waals surface area contributed by atoms with Crippen LogP contribution >= 0.6 is 0 Å². The molecular formula is C23H21N. The molecule has 0 aliphatic heterocycles. The van der Waals surface area contributed by atoms with E-state index in [4.69, 9.17) is 4.98 Å². The molecule has 24 heavy (non-hydrogen) atoms. The Hall–Kier alpha value is -2.67. The summed E-state index contributed by atoms with van der Waals surface area (Å²) in [6.07, 6.45) is 0. The smallest absolute Gasteiger partial charge is 0.0788 e. The van der Waals surface area contributed by atoms with Gasteiger partial charge in [-0.3, -0.25) is 0 Å². The van der Waals surface area contributed by atoms with Gasteiger partial charge in [-0.15, -0.1) is 0 Å². The van der Waals surface area contributed by atoms with Gasteiger partial charge in [0.05, 0.1) is 11.2 Å². The molecule has 0 spiro atoms. The summed E-state index contributed by atoms with van der Waals surface area (Å²) in [6, 6.07) is 25.7. The molecule has 0 amide bonds. The number of hydrogen-bond donors (Lipinski definition) is 0. The molecule has 0 radical (unpaired) electrons. The molecule has 4 rings (SSSR count). The minimum Gasteiger partial charge on any atom is -0.247 e. The molecule has 0 saturated heterocycles. The summed E-state index contributed by atoms with van der Waals surface area (Å²) in [7, 11) is 0. The molecular weight excluding hydrogens is 290 g/mol. The first-order valence-electron chi connectivity index (χ1n) is 8.42. The molecule has 1 heteroatoms. The SMILES string of the molecule is CC(C)(C)c1ccc2nc(-c3ccccc3)c3ccccc3c2c1. The minimum atomic E-state index is 0.132. The Morgan fingerprint density at radius 3 is 2.04 bits per heavy atom. The monoisotopic (exact) mass is 311 g/mol. The van der Waals surface area contributed by atoms with Crippen molar-refractivity contribution in [2.75, 3.05) is 0 Å². The van der Waals surface area contributed by atoms with Crippen LogP contribution in [-0.4, -0.2) is 4.98 Å². The fourth-order valence-electron chi connectivity index (χ4n) is 3.24. The van der Waals surface area contributed by atoms with Crippen LogP contribution in [0.1, 0.15) is 26.3 Å². The van der Waals surface area contributed by atoms with Gasteiger partial charge in [-0.1, -0.05) is 81.4 Å². The summed E-state index contributed by atoms with van der Waals surface area (Å²) in [5.74, 6) is 0. The molecule has 0 saturated carbocycles. The lowest BCUT2D eigenvalue weighted by molar-refractivity contribution is 0.591. The van der Waals surface area contributed by atoms with Crippen LogP contribution in [0.25, 0.3) is 32.9 Å². The van der Waals surface area contributed by atoms with E-state index in [1.807, 2.05) is 6.07 Å².